The molecule has 2 atom stereocenters. The molecule has 1 aromatic rings. The van der Waals surface area contributed by atoms with Crippen LogP contribution in [0.4, 0.5) is 4.39 Å². The van der Waals surface area contributed by atoms with Crippen molar-refractivity contribution in [2.45, 2.75) is 65.1 Å². The van der Waals surface area contributed by atoms with E-state index < -0.39 is 5.67 Å². The van der Waals surface area contributed by atoms with Crippen molar-refractivity contribution in [3.8, 4) is 0 Å². The third-order valence-electron chi connectivity index (χ3n) is 4.44. The summed E-state index contributed by atoms with van der Waals surface area (Å²) in [5.41, 5.74) is 3.12. The Morgan fingerprint density at radius 1 is 1.16 bits per heavy atom. The van der Waals surface area contributed by atoms with Gasteiger partial charge in [0.2, 0.25) is 0 Å². The van der Waals surface area contributed by atoms with Crippen LogP contribution in [0.3, 0.4) is 0 Å². The van der Waals surface area contributed by atoms with Gasteiger partial charge in [0.05, 0.1) is 0 Å². The first-order valence-electron chi connectivity index (χ1n) is 7.41. The summed E-state index contributed by atoms with van der Waals surface area (Å²) in [5.74, 6) is 0. The first kappa shape index (κ1) is 14.5. The first-order chi connectivity index (χ1) is 8.90. The molecule has 0 radical (unpaired) electrons. The average molecular weight is 263 g/mol. The molecule has 2 unspecified atom stereocenters. The molecule has 0 saturated carbocycles. The van der Waals surface area contributed by atoms with Crippen LogP contribution in [0.25, 0.3) is 0 Å². The lowest BCUT2D eigenvalue weighted by atomic mass is 9.84. The van der Waals surface area contributed by atoms with Gasteiger partial charge in [-0.05, 0) is 69.3 Å². The van der Waals surface area contributed by atoms with Crippen molar-refractivity contribution in [2.24, 2.45) is 0 Å². The van der Waals surface area contributed by atoms with Crippen molar-refractivity contribution in [1.29, 1.82) is 0 Å². The summed E-state index contributed by atoms with van der Waals surface area (Å²) in [4.78, 5) is 0. The maximum Gasteiger partial charge on any atom is 0.135 e. The standard InChI is InChI=1S/C17H26FN/c1-12-9-14(3)16(10-13(12)2)17(4,18)11-15-7-5-6-8-19-15/h9-10,15,19H,5-8,11H2,1-4H3. The fourth-order valence-electron chi connectivity index (χ4n) is 3.19. The number of piperidine rings is 1. The molecule has 0 aromatic heterocycles. The predicted octanol–water partition coefficient (Wildman–Crippen LogP) is 4.33. The number of alkyl halides is 1. The van der Waals surface area contributed by atoms with Crippen molar-refractivity contribution < 1.29 is 4.39 Å². The molecule has 2 heteroatoms. The Morgan fingerprint density at radius 2 is 1.84 bits per heavy atom. The molecule has 0 bridgehead atoms. The van der Waals surface area contributed by atoms with Gasteiger partial charge in [0, 0.05) is 12.5 Å². The van der Waals surface area contributed by atoms with Crippen LogP contribution in [-0.4, -0.2) is 12.6 Å². The quantitative estimate of drug-likeness (QED) is 0.856. The minimum absolute atomic E-state index is 0.324. The monoisotopic (exact) mass is 263 g/mol. The zero-order valence-corrected chi connectivity index (χ0v) is 12.6. The van der Waals surface area contributed by atoms with E-state index in [1.54, 1.807) is 6.92 Å². The first-order valence-corrected chi connectivity index (χ1v) is 7.41. The Labute approximate surface area is 116 Å². The van der Waals surface area contributed by atoms with Crippen molar-refractivity contribution in [3.63, 3.8) is 0 Å². The lowest BCUT2D eigenvalue weighted by Crippen LogP contribution is -2.38. The molecule has 1 heterocycles. The molecule has 1 fully saturated rings. The van der Waals surface area contributed by atoms with Gasteiger partial charge < -0.3 is 5.32 Å². The smallest absolute Gasteiger partial charge is 0.135 e. The topological polar surface area (TPSA) is 12.0 Å². The third kappa shape index (κ3) is 3.36. The lowest BCUT2D eigenvalue weighted by molar-refractivity contribution is 0.145. The van der Waals surface area contributed by atoms with Crippen molar-refractivity contribution in [2.75, 3.05) is 6.54 Å². The van der Waals surface area contributed by atoms with Crippen LogP contribution < -0.4 is 5.32 Å². The summed E-state index contributed by atoms with van der Waals surface area (Å²) in [5, 5.41) is 3.45. The summed E-state index contributed by atoms with van der Waals surface area (Å²) in [6.45, 7) is 8.94. The predicted molar refractivity (Wildman–Crippen MR) is 79.4 cm³/mol. The second-order valence-electron chi connectivity index (χ2n) is 6.30. The molecule has 0 spiro atoms. The molecule has 1 N–H and O–H groups in total. The minimum Gasteiger partial charge on any atom is -0.314 e. The van der Waals surface area contributed by atoms with E-state index in [0.717, 1.165) is 24.1 Å². The van der Waals surface area contributed by atoms with Crippen molar-refractivity contribution in [1.82, 2.24) is 5.32 Å². The highest BCUT2D eigenvalue weighted by molar-refractivity contribution is 5.39. The van der Waals surface area contributed by atoms with E-state index in [1.807, 2.05) is 13.0 Å². The van der Waals surface area contributed by atoms with Crippen LogP contribution in [0.1, 0.15) is 54.9 Å². The molecule has 1 aliphatic rings. The molecule has 1 nitrogen and oxygen atoms in total. The molecule has 2 rings (SSSR count). The molecule has 0 aliphatic carbocycles. The molecule has 1 aromatic carbocycles. The SMILES string of the molecule is Cc1cc(C)c(C(C)(F)CC2CCCCN2)cc1C. The van der Waals surface area contributed by atoms with E-state index >= 15 is 4.39 Å². The van der Waals surface area contributed by atoms with Gasteiger partial charge in [-0.1, -0.05) is 18.6 Å². The van der Waals surface area contributed by atoms with E-state index in [9.17, 15) is 0 Å². The molecule has 19 heavy (non-hydrogen) atoms. The minimum atomic E-state index is -1.24. The highest BCUT2D eigenvalue weighted by atomic mass is 19.1. The van der Waals surface area contributed by atoms with Gasteiger partial charge in [-0.3, -0.25) is 0 Å². The molecular weight excluding hydrogens is 237 g/mol. The maximum atomic E-state index is 15.1. The maximum absolute atomic E-state index is 15.1. The van der Waals surface area contributed by atoms with Crippen molar-refractivity contribution in [3.05, 3.63) is 34.4 Å². The second kappa shape index (κ2) is 5.62. The van der Waals surface area contributed by atoms with Gasteiger partial charge in [-0.2, -0.15) is 0 Å². The summed E-state index contributed by atoms with van der Waals surface area (Å²) in [7, 11) is 0. The van der Waals surface area contributed by atoms with Gasteiger partial charge in [-0.15, -0.1) is 0 Å². The normalized spacial score (nSPS) is 23.1. The van der Waals surface area contributed by atoms with Crippen molar-refractivity contribution >= 4 is 0 Å². The lowest BCUT2D eigenvalue weighted by Gasteiger charge is -2.31. The Kier molecular flexibility index (Phi) is 4.29. The van der Waals surface area contributed by atoms with Crippen LogP contribution in [-0.2, 0) is 5.67 Å². The summed E-state index contributed by atoms with van der Waals surface area (Å²) < 4.78 is 15.1. The summed E-state index contributed by atoms with van der Waals surface area (Å²) in [6, 6.07) is 4.47. The van der Waals surface area contributed by atoms with Crippen LogP contribution in [0, 0.1) is 20.8 Å². The number of benzene rings is 1. The Balaban J connectivity index is 2.20. The molecular formula is C17H26FN. The van der Waals surface area contributed by atoms with Crippen LogP contribution in [0.2, 0.25) is 0 Å². The van der Waals surface area contributed by atoms with Crippen LogP contribution in [0.15, 0.2) is 12.1 Å². The zero-order chi connectivity index (χ0) is 14.0. The molecule has 1 saturated heterocycles. The fraction of sp³-hybridized carbons (Fsp3) is 0.647. The van der Waals surface area contributed by atoms with E-state index in [1.165, 1.54) is 24.0 Å². The summed E-state index contributed by atoms with van der Waals surface area (Å²) in [6.07, 6.45) is 4.13. The second-order valence-corrected chi connectivity index (χ2v) is 6.30. The molecule has 0 amide bonds. The summed E-state index contributed by atoms with van der Waals surface area (Å²) >= 11 is 0. The number of aryl methyl sites for hydroxylation is 3. The van der Waals surface area contributed by atoms with Gasteiger partial charge in [0.25, 0.3) is 0 Å². The van der Waals surface area contributed by atoms with Gasteiger partial charge in [0.15, 0.2) is 0 Å². The Morgan fingerprint density at radius 3 is 2.47 bits per heavy atom. The number of nitrogens with one attached hydrogen (secondary N) is 1. The zero-order valence-electron chi connectivity index (χ0n) is 12.6. The van der Waals surface area contributed by atoms with Crippen LogP contribution >= 0.6 is 0 Å². The largest absolute Gasteiger partial charge is 0.314 e. The highest BCUT2D eigenvalue weighted by Gasteiger charge is 2.31. The Bertz CT molecular complexity index is 445. The Hall–Kier alpha value is -0.890. The van der Waals surface area contributed by atoms with E-state index in [0.29, 0.717) is 12.5 Å². The number of hydrogen-bond acceptors (Lipinski definition) is 1. The van der Waals surface area contributed by atoms with E-state index in [4.69, 9.17) is 0 Å². The number of halogens is 1. The third-order valence-corrected chi connectivity index (χ3v) is 4.44. The van der Waals surface area contributed by atoms with E-state index in [2.05, 4.69) is 25.2 Å². The molecule has 1 aliphatic heterocycles. The number of rotatable bonds is 3. The average Bonchev–Trinajstić information content (AvgIpc) is 2.34. The van der Waals surface area contributed by atoms with Gasteiger partial charge >= 0.3 is 0 Å². The highest BCUT2D eigenvalue weighted by Crippen LogP contribution is 2.35. The van der Waals surface area contributed by atoms with Crippen LogP contribution in [0.5, 0.6) is 0 Å². The molecule has 106 valence electrons. The van der Waals surface area contributed by atoms with Gasteiger partial charge in [0.1, 0.15) is 5.67 Å². The number of hydrogen-bond donors (Lipinski definition) is 1. The van der Waals surface area contributed by atoms with Gasteiger partial charge in [-0.25, -0.2) is 4.39 Å². The van der Waals surface area contributed by atoms with E-state index in [-0.39, 0.29) is 0 Å². The fourth-order valence-corrected chi connectivity index (χ4v) is 3.19.